The van der Waals surface area contributed by atoms with E-state index in [1.54, 1.807) is 0 Å². The molecule has 0 spiro atoms. The van der Waals surface area contributed by atoms with Crippen LogP contribution >= 0.6 is 11.6 Å². The van der Waals surface area contributed by atoms with Gasteiger partial charge in [0.1, 0.15) is 5.82 Å². The van der Waals surface area contributed by atoms with Gasteiger partial charge >= 0.3 is 0 Å². The second-order valence-electron chi connectivity index (χ2n) is 7.35. The van der Waals surface area contributed by atoms with E-state index >= 15 is 0 Å². The van der Waals surface area contributed by atoms with Crippen molar-refractivity contribution in [2.24, 2.45) is 0 Å². The summed E-state index contributed by atoms with van der Waals surface area (Å²) in [5.74, 6) is 2.21. The first-order valence-corrected chi connectivity index (χ1v) is 9.46. The molecule has 1 N–H and O–H groups in total. The zero-order valence-corrected chi connectivity index (χ0v) is 16.8. The van der Waals surface area contributed by atoms with Gasteiger partial charge in [-0.2, -0.15) is 9.50 Å². The summed E-state index contributed by atoms with van der Waals surface area (Å²) in [6.45, 7) is 6.01. The normalized spacial score (nSPS) is 16.0. The van der Waals surface area contributed by atoms with Crippen LogP contribution < -0.4 is 10.2 Å². The van der Waals surface area contributed by atoms with E-state index in [2.05, 4.69) is 57.3 Å². The molecule has 1 aliphatic heterocycles. The van der Waals surface area contributed by atoms with E-state index in [-0.39, 0.29) is 6.04 Å². The Morgan fingerprint density at radius 3 is 2.70 bits per heavy atom. The highest BCUT2D eigenvalue weighted by Gasteiger charge is 2.30. The molecule has 1 atom stereocenters. The van der Waals surface area contributed by atoms with Crippen molar-refractivity contribution in [3.05, 3.63) is 46.6 Å². The van der Waals surface area contributed by atoms with Crippen LogP contribution in [0.5, 0.6) is 0 Å². The molecule has 0 unspecified atom stereocenters. The lowest BCUT2D eigenvalue weighted by molar-refractivity contribution is 0.245. The molecule has 7 nitrogen and oxygen atoms in total. The fraction of sp³-hybridized carbons (Fsp3) is 0.421. The van der Waals surface area contributed by atoms with Crippen LogP contribution in [0.25, 0.3) is 5.78 Å². The van der Waals surface area contributed by atoms with Crippen molar-refractivity contribution in [1.82, 2.24) is 24.5 Å². The highest BCUT2D eigenvalue weighted by molar-refractivity contribution is 6.30. The summed E-state index contributed by atoms with van der Waals surface area (Å²) >= 11 is 6.10. The van der Waals surface area contributed by atoms with Crippen molar-refractivity contribution in [2.75, 3.05) is 37.4 Å². The van der Waals surface area contributed by atoms with Gasteiger partial charge in [-0.05, 0) is 45.6 Å². The molecule has 1 saturated heterocycles. The molecule has 0 saturated carbocycles. The fourth-order valence-corrected chi connectivity index (χ4v) is 3.47. The Hall–Kier alpha value is -2.38. The maximum absolute atomic E-state index is 6.10. The molecule has 0 radical (unpaired) electrons. The van der Waals surface area contributed by atoms with Crippen LogP contribution in [0.3, 0.4) is 0 Å². The average molecular weight is 386 g/mol. The number of nitrogens with zero attached hydrogens (tertiary/aromatic N) is 6. The van der Waals surface area contributed by atoms with E-state index in [1.165, 1.54) is 0 Å². The molecule has 3 aromatic rings. The van der Waals surface area contributed by atoms with Gasteiger partial charge in [0.25, 0.3) is 5.78 Å². The van der Waals surface area contributed by atoms with E-state index in [0.717, 1.165) is 35.2 Å². The number of hydrogen-bond acceptors (Lipinski definition) is 6. The van der Waals surface area contributed by atoms with E-state index in [1.807, 2.05) is 35.7 Å². The molecular weight excluding hydrogens is 362 g/mol. The first kappa shape index (κ1) is 18.0. The summed E-state index contributed by atoms with van der Waals surface area (Å²) in [6.07, 6.45) is 0. The number of benzene rings is 1. The molecule has 4 rings (SSSR count). The lowest BCUT2D eigenvalue weighted by Crippen LogP contribution is -2.58. The summed E-state index contributed by atoms with van der Waals surface area (Å²) in [5.41, 5.74) is 2.02. The van der Waals surface area contributed by atoms with E-state index < -0.39 is 0 Å². The summed E-state index contributed by atoms with van der Waals surface area (Å²) in [7, 11) is 4.23. The van der Waals surface area contributed by atoms with Gasteiger partial charge in [0, 0.05) is 35.9 Å². The zero-order chi connectivity index (χ0) is 19.1. The molecule has 1 aromatic carbocycles. The van der Waals surface area contributed by atoms with Gasteiger partial charge < -0.3 is 15.1 Å². The molecule has 0 bridgehead atoms. The Labute approximate surface area is 164 Å². The SMILES string of the molecule is Cc1cc(N2CC(N(C)C)C2)n2nc(N[C@H](C)c3cccc(Cl)c3)nc2n1. The number of aryl methyl sites for hydroxylation is 1. The molecular formula is C19H24ClN7. The van der Waals surface area contributed by atoms with Crippen LogP contribution in [0.15, 0.2) is 30.3 Å². The Balaban J connectivity index is 1.59. The number of likely N-dealkylation sites (N-methyl/N-ethyl adjacent to an activating group) is 1. The quantitative estimate of drug-likeness (QED) is 0.728. The number of anilines is 2. The third-order valence-corrected chi connectivity index (χ3v) is 5.27. The van der Waals surface area contributed by atoms with Gasteiger partial charge in [0.05, 0.1) is 6.04 Å². The smallest absolute Gasteiger partial charge is 0.256 e. The van der Waals surface area contributed by atoms with Crippen molar-refractivity contribution in [1.29, 1.82) is 0 Å². The average Bonchev–Trinajstić information content (AvgIpc) is 2.95. The Morgan fingerprint density at radius 1 is 1.22 bits per heavy atom. The first-order chi connectivity index (χ1) is 12.9. The van der Waals surface area contributed by atoms with E-state index in [0.29, 0.717) is 17.8 Å². The Morgan fingerprint density at radius 2 is 2.00 bits per heavy atom. The van der Waals surface area contributed by atoms with Gasteiger partial charge in [-0.1, -0.05) is 23.7 Å². The van der Waals surface area contributed by atoms with Crippen LogP contribution in [0, 0.1) is 6.92 Å². The minimum Gasteiger partial charge on any atom is -0.353 e. The number of rotatable bonds is 5. The van der Waals surface area contributed by atoms with Crippen LogP contribution in [0.4, 0.5) is 11.8 Å². The van der Waals surface area contributed by atoms with Gasteiger partial charge in [-0.3, -0.25) is 0 Å². The molecule has 27 heavy (non-hydrogen) atoms. The Kier molecular flexibility index (Phi) is 4.65. The van der Waals surface area contributed by atoms with E-state index in [4.69, 9.17) is 11.6 Å². The van der Waals surface area contributed by atoms with Crippen molar-refractivity contribution in [3.63, 3.8) is 0 Å². The molecule has 1 fully saturated rings. The summed E-state index contributed by atoms with van der Waals surface area (Å²) < 4.78 is 1.83. The zero-order valence-electron chi connectivity index (χ0n) is 16.0. The minimum atomic E-state index is 0.0350. The third kappa shape index (κ3) is 3.57. The van der Waals surface area contributed by atoms with Crippen LogP contribution in [-0.2, 0) is 0 Å². The maximum Gasteiger partial charge on any atom is 0.256 e. The molecule has 0 amide bonds. The number of nitrogens with one attached hydrogen (secondary N) is 1. The number of aromatic nitrogens is 4. The van der Waals surface area contributed by atoms with Crippen LogP contribution in [-0.4, -0.2) is 57.7 Å². The first-order valence-electron chi connectivity index (χ1n) is 9.08. The minimum absolute atomic E-state index is 0.0350. The molecule has 0 aliphatic carbocycles. The molecule has 3 heterocycles. The van der Waals surface area contributed by atoms with Crippen LogP contribution in [0.1, 0.15) is 24.2 Å². The topological polar surface area (TPSA) is 61.6 Å². The number of fused-ring (bicyclic) bond motifs is 1. The number of halogens is 1. The lowest BCUT2D eigenvalue weighted by atomic mass is 10.1. The maximum atomic E-state index is 6.10. The summed E-state index contributed by atoms with van der Waals surface area (Å²) in [4.78, 5) is 13.7. The molecule has 2 aromatic heterocycles. The third-order valence-electron chi connectivity index (χ3n) is 5.03. The van der Waals surface area contributed by atoms with Crippen molar-refractivity contribution < 1.29 is 0 Å². The standard InChI is InChI=1S/C19H24ClN7/c1-12-8-17(26-10-16(11-26)25(3)4)27-19(21-12)23-18(24-27)22-13(2)14-6-5-7-15(20)9-14/h5-9,13,16H,10-11H2,1-4H3,(H,22,24)/t13-/m1/s1. The largest absolute Gasteiger partial charge is 0.353 e. The lowest BCUT2D eigenvalue weighted by Gasteiger charge is -2.43. The van der Waals surface area contributed by atoms with Gasteiger partial charge in [0.15, 0.2) is 0 Å². The molecule has 1 aliphatic rings. The summed E-state index contributed by atoms with van der Waals surface area (Å²) in [5, 5.41) is 8.73. The summed E-state index contributed by atoms with van der Waals surface area (Å²) in [6, 6.07) is 10.5. The van der Waals surface area contributed by atoms with Crippen molar-refractivity contribution in [2.45, 2.75) is 25.9 Å². The molecule has 142 valence electrons. The van der Waals surface area contributed by atoms with Crippen LogP contribution in [0.2, 0.25) is 5.02 Å². The Bertz CT molecular complexity index is 962. The van der Waals surface area contributed by atoms with Gasteiger partial charge in [-0.25, -0.2) is 4.98 Å². The monoisotopic (exact) mass is 385 g/mol. The highest BCUT2D eigenvalue weighted by Crippen LogP contribution is 2.25. The predicted molar refractivity (Wildman–Crippen MR) is 109 cm³/mol. The van der Waals surface area contributed by atoms with Gasteiger partial charge in [0.2, 0.25) is 5.95 Å². The van der Waals surface area contributed by atoms with Crippen molar-refractivity contribution in [3.8, 4) is 0 Å². The van der Waals surface area contributed by atoms with E-state index in [9.17, 15) is 0 Å². The number of hydrogen-bond donors (Lipinski definition) is 1. The fourth-order valence-electron chi connectivity index (χ4n) is 3.28. The second-order valence-corrected chi connectivity index (χ2v) is 7.78. The van der Waals surface area contributed by atoms with Gasteiger partial charge in [-0.15, -0.1) is 5.10 Å². The van der Waals surface area contributed by atoms with Crippen molar-refractivity contribution >= 4 is 29.1 Å². The molecule has 8 heteroatoms. The highest BCUT2D eigenvalue weighted by atomic mass is 35.5. The second kappa shape index (κ2) is 6.98. The predicted octanol–water partition coefficient (Wildman–Crippen LogP) is 3.01.